The fourth-order valence-corrected chi connectivity index (χ4v) is 3.83. The highest BCUT2D eigenvalue weighted by Crippen LogP contribution is 2.29. The van der Waals surface area contributed by atoms with Crippen LogP contribution in [0.3, 0.4) is 0 Å². The highest BCUT2D eigenvalue weighted by molar-refractivity contribution is 7.90. The van der Waals surface area contributed by atoms with E-state index in [0.717, 1.165) is 14.2 Å². The number of benzene rings is 2. The molecule has 1 atom stereocenters. The number of hydrogen-bond acceptors (Lipinski definition) is 5. The number of hydrogen-bond donors (Lipinski definition) is 1. The lowest BCUT2D eigenvalue weighted by Crippen LogP contribution is -2.46. The van der Waals surface area contributed by atoms with E-state index < -0.39 is 22.2 Å². The van der Waals surface area contributed by atoms with E-state index >= 15 is 0 Å². The van der Waals surface area contributed by atoms with Gasteiger partial charge >= 0.3 is 10.2 Å². The number of ether oxygens (including phenoxy) is 2. The summed E-state index contributed by atoms with van der Waals surface area (Å²) >= 11 is 0. The van der Waals surface area contributed by atoms with Gasteiger partial charge in [0.25, 0.3) is 0 Å². The number of nitrogens with zero attached hydrogens (tertiary/aromatic N) is 2. The van der Waals surface area contributed by atoms with Crippen LogP contribution in [0.5, 0.6) is 11.5 Å². The first kappa shape index (κ1) is 22.5. The highest BCUT2D eigenvalue weighted by Gasteiger charge is 2.28. The largest absolute Gasteiger partial charge is 0.497 e. The zero-order valence-electron chi connectivity index (χ0n) is 17.2. The number of rotatable bonds is 9. The predicted octanol–water partition coefficient (Wildman–Crippen LogP) is 2.19. The second-order valence-corrected chi connectivity index (χ2v) is 8.60. The van der Waals surface area contributed by atoms with Crippen molar-refractivity contribution < 1.29 is 22.7 Å². The Bertz CT molecular complexity index is 932. The molecule has 0 aliphatic carbocycles. The van der Waals surface area contributed by atoms with E-state index in [4.69, 9.17) is 9.47 Å². The van der Waals surface area contributed by atoms with Gasteiger partial charge in [-0.1, -0.05) is 18.2 Å². The van der Waals surface area contributed by atoms with Gasteiger partial charge in [0.15, 0.2) is 0 Å². The van der Waals surface area contributed by atoms with Crippen LogP contribution in [0.2, 0.25) is 0 Å². The molecule has 8 nitrogen and oxygen atoms in total. The summed E-state index contributed by atoms with van der Waals surface area (Å²) < 4.78 is 38.2. The van der Waals surface area contributed by atoms with Crippen molar-refractivity contribution in [2.24, 2.45) is 0 Å². The number of amides is 1. The van der Waals surface area contributed by atoms with Crippen LogP contribution in [-0.2, 0) is 15.0 Å². The summed E-state index contributed by atoms with van der Waals surface area (Å²) in [4.78, 5) is 12.7. The molecule has 29 heavy (non-hydrogen) atoms. The fraction of sp³-hybridized carbons (Fsp3) is 0.350. The molecule has 0 saturated heterocycles. The third-order valence-electron chi connectivity index (χ3n) is 4.35. The maximum Gasteiger partial charge on any atom is 0.304 e. The molecule has 0 unspecified atom stereocenters. The molecule has 2 aromatic rings. The molecule has 0 aliphatic rings. The summed E-state index contributed by atoms with van der Waals surface area (Å²) in [5, 5.41) is 2.83. The van der Waals surface area contributed by atoms with E-state index in [1.54, 1.807) is 69.7 Å². The first-order valence-corrected chi connectivity index (χ1v) is 10.4. The zero-order valence-corrected chi connectivity index (χ0v) is 18.1. The lowest BCUT2D eigenvalue weighted by Gasteiger charge is -2.27. The van der Waals surface area contributed by atoms with Crippen molar-refractivity contribution in [3.05, 3.63) is 54.1 Å². The van der Waals surface area contributed by atoms with E-state index in [1.165, 1.54) is 14.1 Å². The second kappa shape index (κ2) is 9.62. The number of nitrogens with one attached hydrogen (secondary N) is 1. The third kappa shape index (κ3) is 5.39. The minimum absolute atomic E-state index is 0.360. The van der Waals surface area contributed by atoms with Crippen molar-refractivity contribution in [2.45, 2.75) is 13.0 Å². The minimum Gasteiger partial charge on any atom is -0.497 e. The monoisotopic (exact) mass is 421 g/mol. The summed E-state index contributed by atoms with van der Waals surface area (Å²) in [6.45, 7) is 1.43. The van der Waals surface area contributed by atoms with Gasteiger partial charge in [-0.25, -0.2) is 4.31 Å². The molecule has 2 aromatic carbocycles. The van der Waals surface area contributed by atoms with Crippen LogP contribution in [0.4, 0.5) is 5.69 Å². The second-order valence-electron chi connectivity index (χ2n) is 6.53. The van der Waals surface area contributed by atoms with Crippen LogP contribution in [0.15, 0.2) is 48.5 Å². The fourth-order valence-electron chi connectivity index (χ4n) is 2.77. The van der Waals surface area contributed by atoms with Gasteiger partial charge in [-0.05, 0) is 37.3 Å². The quantitative estimate of drug-likeness (QED) is 0.671. The zero-order chi connectivity index (χ0) is 21.6. The van der Waals surface area contributed by atoms with Gasteiger partial charge in [0, 0.05) is 19.7 Å². The lowest BCUT2D eigenvalue weighted by molar-refractivity contribution is -0.120. The van der Waals surface area contributed by atoms with Crippen LogP contribution in [0, 0.1) is 0 Å². The molecule has 9 heteroatoms. The number of methoxy groups -OCH3 is 2. The molecule has 0 fully saturated rings. The van der Waals surface area contributed by atoms with E-state index in [9.17, 15) is 13.2 Å². The summed E-state index contributed by atoms with van der Waals surface area (Å²) in [6.07, 6.45) is 0. The molecule has 0 spiro atoms. The Labute approximate surface area is 172 Å². The van der Waals surface area contributed by atoms with Crippen molar-refractivity contribution in [3.63, 3.8) is 0 Å². The summed E-state index contributed by atoms with van der Waals surface area (Å²) in [6, 6.07) is 13.4. The smallest absolute Gasteiger partial charge is 0.304 e. The van der Waals surface area contributed by atoms with Crippen LogP contribution < -0.4 is 19.1 Å². The molecule has 0 bridgehead atoms. The normalized spacial score (nSPS) is 12.3. The average Bonchev–Trinajstić information content (AvgIpc) is 2.71. The summed E-state index contributed by atoms with van der Waals surface area (Å²) in [5.41, 5.74) is 1.13. The maximum absolute atomic E-state index is 12.7. The Hall–Kier alpha value is -2.78. The Morgan fingerprint density at radius 1 is 1.07 bits per heavy atom. The predicted molar refractivity (Wildman–Crippen MR) is 112 cm³/mol. The topological polar surface area (TPSA) is 88.2 Å². The van der Waals surface area contributed by atoms with Gasteiger partial charge in [-0.2, -0.15) is 12.7 Å². The van der Waals surface area contributed by atoms with Crippen molar-refractivity contribution in [1.29, 1.82) is 0 Å². The van der Waals surface area contributed by atoms with Gasteiger partial charge in [0.1, 0.15) is 18.0 Å². The highest BCUT2D eigenvalue weighted by atomic mass is 32.2. The first-order chi connectivity index (χ1) is 13.7. The summed E-state index contributed by atoms with van der Waals surface area (Å²) in [5.74, 6) is 0.777. The average molecular weight is 422 g/mol. The van der Waals surface area contributed by atoms with Gasteiger partial charge in [0.05, 0.1) is 25.9 Å². The Kier molecular flexibility index (Phi) is 7.46. The summed E-state index contributed by atoms with van der Waals surface area (Å²) in [7, 11) is 2.09. The Morgan fingerprint density at radius 3 is 2.28 bits per heavy atom. The van der Waals surface area contributed by atoms with Crippen LogP contribution >= 0.6 is 0 Å². The number of carbonyl (C=O) groups excluding carboxylic acids is 1. The molecular weight excluding hydrogens is 394 g/mol. The van der Waals surface area contributed by atoms with Crippen molar-refractivity contribution >= 4 is 21.8 Å². The Balaban J connectivity index is 2.25. The standard InChI is InChI=1S/C20H27N3O5S/c1-15(18-13-17(27-4)11-12-19(18)28-5)21-20(24)14-23(29(25,26)22(2)3)16-9-7-6-8-10-16/h6-13,15H,14H2,1-5H3,(H,21,24)/t15-/m1/s1. The first-order valence-electron chi connectivity index (χ1n) is 8.97. The Morgan fingerprint density at radius 2 is 1.72 bits per heavy atom. The van der Waals surface area contributed by atoms with Crippen LogP contribution in [0.1, 0.15) is 18.5 Å². The van der Waals surface area contributed by atoms with E-state index in [1.807, 2.05) is 0 Å². The maximum atomic E-state index is 12.7. The van der Waals surface area contributed by atoms with Crippen molar-refractivity contribution in [1.82, 2.24) is 9.62 Å². The molecule has 1 amide bonds. The van der Waals surface area contributed by atoms with E-state index in [0.29, 0.717) is 17.2 Å². The number of para-hydroxylation sites is 1. The molecule has 1 N–H and O–H groups in total. The molecule has 0 aliphatic heterocycles. The molecule has 0 radical (unpaired) electrons. The molecule has 158 valence electrons. The van der Waals surface area contributed by atoms with Gasteiger partial charge in [0.2, 0.25) is 5.91 Å². The molecule has 0 aromatic heterocycles. The van der Waals surface area contributed by atoms with Crippen molar-refractivity contribution in [2.75, 3.05) is 39.2 Å². The molecule has 2 rings (SSSR count). The van der Waals surface area contributed by atoms with Crippen LogP contribution in [-0.4, -0.2) is 53.5 Å². The van der Waals surface area contributed by atoms with E-state index in [2.05, 4.69) is 5.32 Å². The van der Waals surface area contributed by atoms with Gasteiger partial charge < -0.3 is 14.8 Å². The number of anilines is 1. The molecule has 0 saturated carbocycles. The van der Waals surface area contributed by atoms with Gasteiger partial charge in [-0.15, -0.1) is 0 Å². The third-order valence-corrected chi connectivity index (χ3v) is 6.17. The lowest BCUT2D eigenvalue weighted by atomic mass is 10.1. The molecular formula is C20H27N3O5S. The van der Waals surface area contributed by atoms with Crippen LogP contribution in [0.25, 0.3) is 0 Å². The van der Waals surface area contributed by atoms with E-state index in [-0.39, 0.29) is 6.54 Å². The molecule has 0 heterocycles. The van der Waals surface area contributed by atoms with Gasteiger partial charge in [-0.3, -0.25) is 4.79 Å². The minimum atomic E-state index is -3.85. The number of carbonyl (C=O) groups is 1. The van der Waals surface area contributed by atoms with Crippen molar-refractivity contribution in [3.8, 4) is 11.5 Å². The SMILES string of the molecule is COc1ccc(OC)c([C@@H](C)NC(=O)CN(c2ccccc2)S(=O)(=O)N(C)C)c1.